The summed E-state index contributed by atoms with van der Waals surface area (Å²) in [5.74, 6) is 0.682. The van der Waals surface area contributed by atoms with Crippen molar-refractivity contribution in [1.29, 1.82) is 5.41 Å². The molecule has 0 aliphatic heterocycles. The van der Waals surface area contributed by atoms with Crippen molar-refractivity contribution < 1.29 is 4.74 Å². The third-order valence-corrected chi connectivity index (χ3v) is 4.56. The number of nitrogen functional groups attached to an aromatic ring is 1. The number of thiophene rings is 1. The number of nitrogens with one attached hydrogen (secondary N) is 2. The average Bonchev–Trinajstić information content (AvgIpc) is 3.09. The van der Waals surface area contributed by atoms with Gasteiger partial charge in [-0.2, -0.15) is 0 Å². The summed E-state index contributed by atoms with van der Waals surface area (Å²) in [6, 6.07) is 1.87. The zero-order chi connectivity index (χ0) is 19.9. The maximum atomic E-state index is 7.37. The van der Waals surface area contributed by atoms with Gasteiger partial charge >= 0.3 is 0 Å². The molecule has 1 aromatic rings. The van der Waals surface area contributed by atoms with E-state index < -0.39 is 0 Å². The molecule has 1 aromatic heterocycles. The molecule has 0 aromatic carbocycles. The Morgan fingerprint density at radius 3 is 2.33 bits per heavy atom. The molecule has 0 saturated carbocycles. The first kappa shape index (κ1) is 22.7. The minimum Gasteiger partial charge on any atom is -0.384 e. The van der Waals surface area contributed by atoms with Crippen LogP contribution < -0.4 is 28.3 Å². The summed E-state index contributed by atoms with van der Waals surface area (Å²) in [7, 11) is 0. The van der Waals surface area contributed by atoms with Crippen LogP contribution in [0.4, 0.5) is 0 Å². The number of aliphatic imine (C=N–C) groups is 2. The number of amidine groups is 1. The van der Waals surface area contributed by atoms with Crippen LogP contribution in [0, 0.1) is 5.41 Å². The molecule has 0 aliphatic rings. The molecule has 0 bridgehead atoms. The number of nitrogens with zero attached hydrogens (tertiary/aromatic N) is 2. The number of guanidine groups is 2. The van der Waals surface area contributed by atoms with Gasteiger partial charge in [0.15, 0.2) is 11.9 Å². The van der Waals surface area contributed by atoms with Gasteiger partial charge in [0.05, 0.1) is 13.2 Å². The summed E-state index contributed by atoms with van der Waals surface area (Å²) in [4.78, 5) is 9.29. The van der Waals surface area contributed by atoms with Crippen molar-refractivity contribution in [2.45, 2.75) is 38.7 Å². The van der Waals surface area contributed by atoms with E-state index in [-0.39, 0.29) is 11.8 Å². The highest BCUT2D eigenvalue weighted by molar-refractivity contribution is 7.10. The van der Waals surface area contributed by atoms with Crippen LogP contribution in [0.1, 0.15) is 42.5 Å². The Hall–Kier alpha value is -2.33. The van der Waals surface area contributed by atoms with Gasteiger partial charge in [0.25, 0.3) is 0 Å². The van der Waals surface area contributed by atoms with E-state index in [1.807, 2.05) is 11.4 Å². The molecule has 0 saturated heterocycles. The van der Waals surface area contributed by atoms with E-state index >= 15 is 0 Å². The number of nitrogens with two attached hydrogens (primary N) is 4. The highest BCUT2D eigenvalue weighted by Crippen LogP contribution is 2.14. The second-order valence-corrected chi connectivity index (χ2v) is 7.03. The Morgan fingerprint density at radius 2 is 1.70 bits per heavy atom. The molecule has 0 unspecified atom stereocenters. The third kappa shape index (κ3) is 11.8. The van der Waals surface area contributed by atoms with Gasteiger partial charge in [-0.3, -0.25) is 15.4 Å². The summed E-state index contributed by atoms with van der Waals surface area (Å²) in [6.45, 7) is 3.05. The van der Waals surface area contributed by atoms with Gasteiger partial charge in [-0.05, 0) is 18.9 Å². The Balaban J connectivity index is 1.97. The van der Waals surface area contributed by atoms with Gasteiger partial charge in [-0.25, -0.2) is 0 Å². The maximum absolute atomic E-state index is 7.37. The van der Waals surface area contributed by atoms with Gasteiger partial charge in [-0.15, -0.1) is 11.3 Å². The van der Waals surface area contributed by atoms with Crippen LogP contribution in [0.2, 0.25) is 0 Å². The first-order valence-electron chi connectivity index (χ1n) is 9.07. The highest BCUT2D eigenvalue weighted by atomic mass is 32.1. The number of unbranched alkanes of at least 4 members (excludes halogenated alkanes) is 4. The quantitative estimate of drug-likeness (QED) is 0.153. The lowest BCUT2D eigenvalue weighted by molar-refractivity contribution is 0.127. The van der Waals surface area contributed by atoms with Crippen LogP contribution in [-0.2, 0) is 11.3 Å². The fraction of sp³-hybridized carbons (Fsp3) is 0.588. The summed E-state index contributed by atoms with van der Waals surface area (Å²) < 4.78 is 5.57. The molecule has 152 valence electrons. The standard InChI is InChI=1S/C17H32N8OS/c18-15(19)13-10-14(27-12-13)11-26-9-8-25-17(22)24-7-5-3-1-2-4-6-23-16(20)21/h10,12H,1-9,11H2,(H3,18,19)(H4,20,21,23)(H3,22,24,25). The highest BCUT2D eigenvalue weighted by Gasteiger charge is 2.02. The Bertz CT molecular complexity index is 610. The summed E-state index contributed by atoms with van der Waals surface area (Å²) in [5, 5.41) is 12.3. The van der Waals surface area contributed by atoms with Crippen LogP contribution in [0.25, 0.3) is 0 Å². The molecular formula is C17H32N8OS. The van der Waals surface area contributed by atoms with E-state index in [2.05, 4.69) is 15.3 Å². The topological polar surface area (TPSA) is 174 Å². The van der Waals surface area contributed by atoms with Crippen molar-refractivity contribution in [3.05, 3.63) is 21.9 Å². The zero-order valence-corrected chi connectivity index (χ0v) is 16.6. The van der Waals surface area contributed by atoms with E-state index in [1.165, 1.54) is 11.3 Å². The molecule has 0 aliphatic carbocycles. The third-order valence-electron chi connectivity index (χ3n) is 3.65. The molecule has 0 atom stereocenters. The molecule has 1 heterocycles. The van der Waals surface area contributed by atoms with Gasteiger partial charge in [-0.1, -0.05) is 19.3 Å². The molecular weight excluding hydrogens is 364 g/mol. The first-order valence-corrected chi connectivity index (χ1v) is 9.95. The van der Waals surface area contributed by atoms with Crippen LogP contribution in [0.3, 0.4) is 0 Å². The average molecular weight is 397 g/mol. The van der Waals surface area contributed by atoms with Crippen molar-refractivity contribution in [1.82, 2.24) is 5.32 Å². The second-order valence-electron chi connectivity index (χ2n) is 6.04. The second kappa shape index (κ2) is 13.8. The van der Waals surface area contributed by atoms with Crippen molar-refractivity contribution in [3.63, 3.8) is 0 Å². The number of hydrogen-bond donors (Lipinski definition) is 6. The van der Waals surface area contributed by atoms with Crippen molar-refractivity contribution >= 4 is 29.1 Å². The van der Waals surface area contributed by atoms with Crippen LogP contribution >= 0.6 is 11.3 Å². The van der Waals surface area contributed by atoms with Crippen molar-refractivity contribution in [2.75, 3.05) is 26.2 Å². The van der Waals surface area contributed by atoms with Crippen molar-refractivity contribution in [3.8, 4) is 0 Å². The summed E-state index contributed by atoms with van der Waals surface area (Å²) >= 11 is 1.53. The lowest BCUT2D eigenvalue weighted by Crippen LogP contribution is -2.34. The van der Waals surface area contributed by atoms with Gasteiger partial charge in [0, 0.05) is 35.5 Å². The Morgan fingerprint density at radius 1 is 1.04 bits per heavy atom. The number of rotatable bonds is 14. The SMILES string of the molecule is N=C(N)c1csc(COCCNC(N)=NCCCCCCCN=C(N)N)c1. The zero-order valence-electron chi connectivity index (χ0n) is 15.7. The van der Waals surface area contributed by atoms with Gasteiger partial charge in [0.1, 0.15) is 5.84 Å². The summed E-state index contributed by atoms with van der Waals surface area (Å²) in [6.07, 6.45) is 5.39. The molecule has 9 nitrogen and oxygen atoms in total. The molecule has 0 spiro atoms. The van der Waals surface area contributed by atoms with Crippen LogP contribution in [0.15, 0.2) is 21.4 Å². The Kier molecular flexibility index (Phi) is 11.6. The van der Waals surface area contributed by atoms with Crippen molar-refractivity contribution in [2.24, 2.45) is 32.9 Å². The fourth-order valence-corrected chi connectivity index (χ4v) is 3.06. The normalized spacial score (nSPS) is 11.3. The van der Waals surface area contributed by atoms with E-state index in [4.69, 9.17) is 33.1 Å². The van der Waals surface area contributed by atoms with Crippen LogP contribution in [0.5, 0.6) is 0 Å². The number of ether oxygens (including phenoxy) is 1. The lowest BCUT2D eigenvalue weighted by atomic mass is 10.1. The smallest absolute Gasteiger partial charge is 0.188 e. The monoisotopic (exact) mass is 396 g/mol. The van der Waals surface area contributed by atoms with E-state index in [9.17, 15) is 0 Å². The predicted octanol–water partition coefficient (Wildman–Crippen LogP) is 0.677. The van der Waals surface area contributed by atoms with Gasteiger partial charge in [0.2, 0.25) is 0 Å². The molecule has 10 N–H and O–H groups in total. The molecule has 0 radical (unpaired) electrons. The van der Waals surface area contributed by atoms with Crippen LogP contribution in [-0.4, -0.2) is 44.0 Å². The molecule has 1 rings (SSSR count). The minimum atomic E-state index is 0.0779. The maximum Gasteiger partial charge on any atom is 0.188 e. The molecule has 27 heavy (non-hydrogen) atoms. The van der Waals surface area contributed by atoms with Gasteiger partial charge < -0.3 is 33.0 Å². The molecule has 0 fully saturated rings. The predicted molar refractivity (Wildman–Crippen MR) is 113 cm³/mol. The van der Waals surface area contributed by atoms with E-state index in [0.29, 0.717) is 32.3 Å². The fourth-order valence-electron chi connectivity index (χ4n) is 2.24. The van der Waals surface area contributed by atoms with E-state index in [1.54, 1.807) is 0 Å². The Labute approximate surface area is 164 Å². The first-order chi connectivity index (χ1) is 13.0. The summed E-state index contributed by atoms with van der Waals surface area (Å²) in [5.41, 5.74) is 22.5. The molecule has 10 heteroatoms. The minimum absolute atomic E-state index is 0.0779. The lowest BCUT2D eigenvalue weighted by Gasteiger charge is -2.06. The largest absolute Gasteiger partial charge is 0.384 e. The van der Waals surface area contributed by atoms with E-state index in [0.717, 1.165) is 49.1 Å². The molecule has 0 amide bonds. The number of hydrogen-bond acceptors (Lipinski definition) is 5.